The summed E-state index contributed by atoms with van der Waals surface area (Å²) in [6.45, 7) is 9.46. The molecule has 8 heteroatoms. The monoisotopic (exact) mass is 498 g/mol. The van der Waals surface area contributed by atoms with Gasteiger partial charge in [-0.1, -0.05) is 18.2 Å². The average Bonchev–Trinajstić information content (AvgIpc) is 2.78. The highest BCUT2D eigenvalue weighted by atomic mass is 19.3. The van der Waals surface area contributed by atoms with Gasteiger partial charge in [-0.25, -0.2) is 13.6 Å². The Bertz CT molecular complexity index is 1330. The van der Waals surface area contributed by atoms with E-state index in [-0.39, 0.29) is 43.3 Å². The van der Waals surface area contributed by atoms with Gasteiger partial charge in [-0.3, -0.25) is 4.79 Å². The van der Waals surface area contributed by atoms with Gasteiger partial charge in [0, 0.05) is 43.2 Å². The van der Waals surface area contributed by atoms with Gasteiger partial charge in [-0.05, 0) is 58.4 Å². The maximum atomic E-state index is 13.7. The fraction of sp³-hybridized carbons (Fsp3) is 0.429. The third kappa shape index (κ3) is 5.69. The number of fused-ring (bicyclic) bond motifs is 1. The van der Waals surface area contributed by atoms with Crippen LogP contribution in [0.25, 0.3) is 11.0 Å². The van der Waals surface area contributed by atoms with Crippen LogP contribution in [0.5, 0.6) is 0 Å². The number of carbonyl (C=O) groups is 1. The second kappa shape index (κ2) is 9.56. The minimum Gasteiger partial charge on any atom is -0.456 e. The van der Waals surface area contributed by atoms with E-state index in [9.17, 15) is 18.4 Å². The minimum absolute atomic E-state index is 0.111. The maximum Gasteiger partial charge on any atom is 0.340 e. The van der Waals surface area contributed by atoms with E-state index >= 15 is 0 Å². The minimum atomic E-state index is -2.70. The van der Waals surface area contributed by atoms with Crippen molar-refractivity contribution in [1.82, 2.24) is 0 Å². The highest BCUT2D eigenvalue weighted by Crippen LogP contribution is 2.34. The van der Waals surface area contributed by atoms with Crippen molar-refractivity contribution in [1.29, 1.82) is 0 Å². The lowest BCUT2D eigenvalue weighted by molar-refractivity contribution is -0.0225. The van der Waals surface area contributed by atoms with E-state index in [0.717, 1.165) is 11.1 Å². The Balaban J connectivity index is 1.70. The van der Waals surface area contributed by atoms with E-state index in [1.165, 1.54) is 6.07 Å². The van der Waals surface area contributed by atoms with Crippen LogP contribution in [-0.4, -0.2) is 30.6 Å². The van der Waals surface area contributed by atoms with Crippen LogP contribution in [0.1, 0.15) is 68.1 Å². The fourth-order valence-corrected chi connectivity index (χ4v) is 4.38. The molecule has 2 aromatic carbocycles. The number of hydrogen-bond acceptors (Lipinski definition) is 6. The smallest absolute Gasteiger partial charge is 0.340 e. The van der Waals surface area contributed by atoms with Crippen LogP contribution in [0.15, 0.2) is 51.7 Å². The van der Waals surface area contributed by atoms with E-state index in [1.54, 1.807) is 29.2 Å². The van der Waals surface area contributed by atoms with Crippen molar-refractivity contribution in [2.24, 2.45) is 0 Å². The first-order chi connectivity index (χ1) is 16.8. The SMILES string of the molecule is Cc1cc([C@@H](C)Nc2ccccc2C(=O)OC(C)(C)C)c2oc(N3CCC(F)(F)CC3)cc(=O)c2c1. The predicted octanol–water partition coefficient (Wildman–Crippen LogP) is 6.47. The first-order valence-corrected chi connectivity index (χ1v) is 12.1. The molecular formula is C28H32F2N2O4. The van der Waals surface area contributed by atoms with Gasteiger partial charge in [0.2, 0.25) is 0 Å². The van der Waals surface area contributed by atoms with Gasteiger partial charge in [0.05, 0.1) is 17.0 Å². The van der Waals surface area contributed by atoms with E-state index in [4.69, 9.17) is 9.15 Å². The number of alkyl halides is 2. The number of benzene rings is 2. The lowest BCUT2D eigenvalue weighted by atomic mass is 10.0. The van der Waals surface area contributed by atoms with Gasteiger partial charge in [0.25, 0.3) is 5.92 Å². The molecule has 0 aliphatic carbocycles. The molecule has 6 nitrogen and oxygen atoms in total. The molecule has 3 aromatic rings. The first-order valence-electron chi connectivity index (χ1n) is 12.1. The van der Waals surface area contributed by atoms with E-state index in [2.05, 4.69) is 5.32 Å². The third-order valence-electron chi connectivity index (χ3n) is 6.18. The van der Waals surface area contributed by atoms with Crippen LogP contribution in [0.2, 0.25) is 0 Å². The summed E-state index contributed by atoms with van der Waals surface area (Å²) >= 11 is 0. The molecule has 1 aliphatic heterocycles. The molecule has 192 valence electrons. The topological polar surface area (TPSA) is 71.8 Å². The van der Waals surface area contributed by atoms with Crippen LogP contribution >= 0.6 is 0 Å². The molecule has 1 atom stereocenters. The van der Waals surface area contributed by atoms with Crippen LogP contribution < -0.4 is 15.6 Å². The maximum absolute atomic E-state index is 13.7. The summed E-state index contributed by atoms with van der Waals surface area (Å²) in [7, 11) is 0. The van der Waals surface area contributed by atoms with Gasteiger partial charge < -0.3 is 19.4 Å². The quantitative estimate of drug-likeness (QED) is 0.407. The lowest BCUT2D eigenvalue weighted by Gasteiger charge is -2.32. The summed E-state index contributed by atoms with van der Waals surface area (Å²) in [5.74, 6) is -2.85. The molecule has 2 heterocycles. The van der Waals surface area contributed by atoms with Crippen molar-refractivity contribution in [3.05, 3.63) is 69.4 Å². The van der Waals surface area contributed by atoms with Crippen LogP contribution in [0.4, 0.5) is 20.4 Å². The number of halogens is 2. The number of esters is 1. The van der Waals surface area contributed by atoms with Crippen molar-refractivity contribution in [2.45, 2.75) is 65.0 Å². The van der Waals surface area contributed by atoms with Crippen molar-refractivity contribution < 1.29 is 22.7 Å². The zero-order valence-electron chi connectivity index (χ0n) is 21.3. The van der Waals surface area contributed by atoms with Crippen LogP contribution in [-0.2, 0) is 4.74 Å². The summed E-state index contributed by atoms with van der Waals surface area (Å²) in [4.78, 5) is 27.5. The molecule has 1 aliphatic rings. The molecular weight excluding hydrogens is 466 g/mol. The number of hydrogen-bond donors (Lipinski definition) is 1. The number of nitrogens with zero attached hydrogens (tertiary/aromatic N) is 1. The van der Waals surface area contributed by atoms with Gasteiger partial charge >= 0.3 is 5.97 Å². The summed E-state index contributed by atoms with van der Waals surface area (Å²) in [6, 6.07) is 11.8. The van der Waals surface area contributed by atoms with Gasteiger partial charge in [0.15, 0.2) is 11.3 Å². The number of para-hydroxylation sites is 1. The Morgan fingerprint density at radius 2 is 1.81 bits per heavy atom. The number of rotatable bonds is 5. The zero-order valence-corrected chi connectivity index (χ0v) is 21.3. The highest BCUT2D eigenvalue weighted by molar-refractivity contribution is 5.96. The molecule has 1 saturated heterocycles. The van der Waals surface area contributed by atoms with Crippen LogP contribution in [0.3, 0.4) is 0 Å². The number of carbonyl (C=O) groups excluding carboxylic acids is 1. The summed E-state index contributed by atoms with van der Waals surface area (Å²) in [6.07, 6.45) is -0.566. The van der Waals surface area contributed by atoms with Crippen molar-refractivity contribution in [3.8, 4) is 0 Å². The van der Waals surface area contributed by atoms with E-state index in [1.807, 2.05) is 46.8 Å². The third-order valence-corrected chi connectivity index (χ3v) is 6.18. The Hall–Kier alpha value is -3.42. The number of ether oxygens (including phenoxy) is 1. The molecule has 36 heavy (non-hydrogen) atoms. The summed E-state index contributed by atoms with van der Waals surface area (Å²) < 4.78 is 39.1. The molecule has 4 rings (SSSR count). The standard InChI is InChI=1S/C28H32F2N2O4/c1-17-14-20(18(2)31-22-9-7-6-8-19(22)26(34)36-27(3,4)5)25-21(15-17)23(33)16-24(35-25)32-12-10-28(29,30)11-13-32/h6-9,14-16,18,31H,10-13H2,1-5H3/t18-/m1/s1. The molecule has 0 saturated carbocycles. The van der Waals surface area contributed by atoms with Crippen molar-refractivity contribution in [3.63, 3.8) is 0 Å². The van der Waals surface area contributed by atoms with E-state index in [0.29, 0.717) is 22.2 Å². The number of nitrogens with one attached hydrogen (secondary N) is 1. The normalized spacial score (nSPS) is 16.6. The Morgan fingerprint density at radius 3 is 2.47 bits per heavy atom. The Labute approximate surface area is 209 Å². The molecule has 0 unspecified atom stereocenters. The Kier molecular flexibility index (Phi) is 6.82. The second-order valence-electron chi connectivity index (χ2n) is 10.4. The second-order valence-corrected chi connectivity index (χ2v) is 10.4. The summed E-state index contributed by atoms with van der Waals surface area (Å²) in [5.41, 5.74) is 2.12. The summed E-state index contributed by atoms with van der Waals surface area (Å²) in [5, 5.41) is 3.79. The molecule has 0 amide bonds. The highest BCUT2D eigenvalue weighted by Gasteiger charge is 2.35. The molecule has 1 aromatic heterocycles. The molecule has 1 fully saturated rings. The largest absolute Gasteiger partial charge is 0.456 e. The average molecular weight is 499 g/mol. The molecule has 0 spiro atoms. The molecule has 0 bridgehead atoms. The fourth-order valence-electron chi connectivity index (χ4n) is 4.38. The van der Waals surface area contributed by atoms with Crippen molar-refractivity contribution in [2.75, 3.05) is 23.3 Å². The van der Waals surface area contributed by atoms with Crippen LogP contribution in [0, 0.1) is 6.92 Å². The zero-order chi connectivity index (χ0) is 26.3. The lowest BCUT2D eigenvalue weighted by Crippen LogP contribution is -2.39. The van der Waals surface area contributed by atoms with Gasteiger partial charge in [0.1, 0.15) is 11.2 Å². The predicted molar refractivity (Wildman–Crippen MR) is 137 cm³/mol. The van der Waals surface area contributed by atoms with Gasteiger partial charge in [-0.15, -0.1) is 0 Å². The molecule has 1 N–H and O–H groups in total. The van der Waals surface area contributed by atoms with Gasteiger partial charge in [-0.2, -0.15) is 0 Å². The number of aryl methyl sites for hydroxylation is 1. The van der Waals surface area contributed by atoms with Crippen molar-refractivity contribution >= 4 is 28.5 Å². The van der Waals surface area contributed by atoms with E-state index < -0.39 is 17.5 Å². The first kappa shape index (κ1) is 25.7. The molecule has 0 radical (unpaired) electrons. The number of anilines is 2. The Morgan fingerprint density at radius 1 is 1.14 bits per heavy atom. The number of piperidine rings is 1.